The van der Waals surface area contributed by atoms with Crippen LogP contribution >= 0.6 is 0 Å². The number of hydrogen-bond acceptors (Lipinski definition) is 1. The average Bonchev–Trinajstić information content (AvgIpc) is 2.14. The second-order valence-corrected chi connectivity index (χ2v) is 3.19. The SMILES string of the molecule is C=C1CN[C@@H](C(C)C)C1. The van der Waals surface area contributed by atoms with Gasteiger partial charge in [0.1, 0.15) is 0 Å². The van der Waals surface area contributed by atoms with Crippen LogP contribution in [0, 0.1) is 5.92 Å². The van der Waals surface area contributed by atoms with E-state index in [1.165, 1.54) is 12.0 Å². The molecule has 1 heteroatoms. The lowest BCUT2D eigenvalue weighted by atomic mass is 10.0. The molecule has 0 aromatic rings. The van der Waals surface area contributed by atoms with Gasteiger partial charge in [0.15, 0.2) is 0 Å². The highest BCUT2D eigenvalue weighted by Gasteiger charge is 2.19. The van der Waals surface area contributed by atoms with E-state index in [-0.39, 0.29) is 0 Å². The van der Waals surface area contributed by atoms with E-state index in [2.05, 4.69) is 25.7 Å². The Hall–Kier alpha value is -0.300. The van der Waals surface area contributed by atoms with Crippen LogP contribution in [0.25, 0.3) is 0 Å². The maximum Gasteiger partial charge on any atom is 0.0165 e. The molecular weight excluding hydrogens is 110 g/mol. The average molecular weight is 125 g/mol. The summed E-state index contributed by atoms with van der Waals surface area (Å²) in [4.78, 5) is 0. The van der Waals surface area contributed by atoms with Crippen molar-refractivity contribution in [3.05, 3.63) is 12.2 Å². The van der Waals surface area contributed by atoms with Gasteiger partial charge in [0.2, 0.25) is 0 Å². The topological polar surface area (TPSA) is 12.0 Å². The molecule has 52 valence electrons. The summed E-state index contributed by atoms with van der Waals surface area (Å²) < 4.78 is 0. The molecule has 1 aliphatic heterocycles. The van der Waals surface area contributed by atoms with E-state index in [0.29, 0.717) is 6.04 Å². The first-order chi connectivity index (χ1) is 4.20. The first kappa shape index (κ1) is 6.81. The molecule has 0 aliphatic carbocycles. The van der Waals surface area contributed by atoms with E-state index >= 15 is 0 Å². The molecule has 0 amide bonds. The van der Waals surface area contributed by atoms with Crippen LogP contribution in [-0.2, 0) is 0 Å². The summed E-state index contributed by atoms with van der Waals surface area (Å²) in [7, 11) is 0. The molecule has 1 saturated heterocycles. The van der Waals surface area contributed by atoms with Crippen molar-refractivity contribution in [3.8, 4) is 0 Å². The smallest absolute Gasteiger partial charge is 0.0165 e. The minimum Gasteiger partial charge on any atom is -0.310 e. The van der Waals surface area contributed by atoms with Crippen LogP contribution in [0.4, 0.5) is 0 Å². The van der Waals surface area contributed by atoms with Crippen LogP contribution in [0.1, 0.15) is 20.3 Å². The van der Waals surface area contributed by atoms with Crippen LogP contribution in [0.5, 0.6) is 0 Å². The van der Waals surface area contributed by atoms with Gasteiger partial charge in [-0.1, -0.05) is 26.0 Å². The fourth-order valence-electron chi connectivity index (χ4n) is 1.20. The molecule has 0 radical (unpaired) electrons. The Kier molecular flexibility index (Phi) is 1.91. The van der Waals surface area contributed by atoms with Gasteiger partial charge in [-0.2, -0.15) is 0 Å². The third kappa shape index (κ3) is 1.55. The summed E-state index contributed by atoms with van der Waals surface area (Å²) >= 11 is 0. The first-order valence-corrected chi connectivity index (χ1v) is 3.60. The number of hydrogen-bond donors (Lipinski definition) is 1. The summed E-state index contributed by atoms with van der Waals surface area (Å²) in [6.45, 7) is 9.45. The van der Waals surface area contributed by atoms with Crippen molar-refractivity contribution >= 4 is 0 Å². The van der Waals surface area contributed by atoms with Gasteiger partial charge in [0.25, 0.3) is 0 Å². The molecule has 1 heterocycles. The molecule has 0 aromatic carbocycles. The molecule has 1 atom stereocenters. The van der Waals surface area contributed by atoms with Gasteiger partial charge in [-0.05, 0) is 12.3 Å². The van der Waals surface area contributed by atoms with Gasteiger partial charge in [-0.15, -0.1) is 0 Å². The van der Waals surface area contributed by atoms with Gasteiger partial charge >= 0.3 is 0 Å². The summed E-state index contributed by atoms with van der Waals surface area (Å²) in [5.41, 5.74) is 1.36. The Morgan fingerprint density at radius 2 is 2.33 bits per heavy atom. The van der Waals surface area contributed by atoms with Gasteiger partial charge in [-0.3, -0.25) is 0 Å². The molecule has 0 unspecified atom stereocenters. The lowest BCUT2D eigenvalue weighted by molar-refractivity contribution is 0.455. The van der Waals surface area contributed by atoms with Crippen LogP contribution in [0.2, 0.25) is 0 Å². The highest BCUT2D eigenvalue weighted by Crippen LogP contribution is 2.16. The zero-order valence-corrected chi connectivity index (χ0v) is 6.28. The van der Waals surface area contributed by atoms with Crippen molar-refractivity contribution in [1.82, 2.24) is 5.32 Å². The predicted octanol–water partition coefficient (Wildman–Crippen LogP) is 1.56. The van der Waals surface area contributed by atoms with E-state index in [1.54, 1.807) is 0 Å². The van der Waals surface area contributed by atoms with Crippen LogP contribution in [0.3, 0.4) is 0 Å². The van der Waals surface area contributed by atoms with E-state index < -0.39 is 0 Å². The van der Waals surface area contributed by atoms with Crippen LogP contribution in [0.15, 0.2) is 12.2 Å². The lowest BCUT2D eigenvalue weighted by Crippen LogP contribution is -2.26. The summed E-state index contributed by atoms with van der Waals surface area (Å²) in [5, 5.41) is 3.41. The molecule has 0 aromatic heterocycles. The maximum absolute atomic E-state index is 3.92. The van der Waals surface area contributed by atoms with Crippen molar-refractivity contribution < 1.29 is 0 Å². The first-order valence-electron chi connectivity index (χ1n) is 3.60. The predicted molar refractivity (Wildman–Crippen MR) is 40.4 cm³/mol. The number of nitrogens with one attached hydrogen (secondary N) is 1. The monoisotopic (exact) mass is 125 g/mol. The molecule has 1 fully saturated rings. The Morgan fingerprint density at radius 3 is 2.56 bits per heavy atom. The molecule has 9 heavy (non-hydrogen) atoms. The molecule has 0 spiro atoms. The maximum atomic E-state index is 3.92. The quantitative estimate of drug-likeness (QED) is 0.524. The minimum absolute atomic E-state index is 0.692. The molecule has 0 saturated carbocycles. The summed E-state index contributed by atoms with van der Waals surface area (Å²) in [5.74, 6) is 0.754. The summed E-state index contributed by atoms with van der Waals surface area (Å²) in [6, 6.07) is 0.692. The third-order valence-electron chi connectivity index (χ3n) is 1.93. The zero-order valence-electron chi connectivity index (χ0n) is 6.28. The molecule has 1 N–H and O–H groups in total. The Morgan fingerprint density at radius 1 is 1.67 bits per heavy atom. The van der Waals surface area contributed by atoms with E-state index in [1.807, 2.05) is 0 Å². The van der Waals surface area contributed by atoms with Gasteiger partial charge < -0.3 is 5.32 Å². The number of rotatable bonds is 1. The zero-order chi connectivity index (χ0) is 6.85. The fourth-order valence-corrected chi connectivity index (χ4v) is 1.20. The van der Waals surface area contributed by atoms with Crippen molar-refractivity contribution in [2.24, 2.45) is 5.92 Å². The molecule has 1 aliphatic rings. The van der Waals surface area contributed by atoms with Crippen molar-refractivity contribution in [2.45, 2.75) is 26.3 Å². The molecule has 1 rings (SSSR count). The standard InChI is InChI=1S/C8H15N/c1-6(2)8-4-7(3)5-9-8/h6,8-9H,3-5H2,1-2H3/t8-/m1/s1. The van der Waals surface area contributed by atoms with Crippen molar-refractivity contribution in [1.29, 1.82) is 0 Å². The minimum atomic E-state index is 0.692. The van der Waals surface area contributed by atoms with E-state index in [0.717, 1.165) is 12.5 Å². The lowest BCUT2D eigenvalue weighted by Gasteiger charge is -2.12. The molecule has 0 bridgehead atoms. The highest BCUT2D eigenvalue weighted by atomic mass is 14.9. The largest absolute Gasteiger partial charge is 0.310 e. The summed E-state index contributed by atoms with van der Waals surface area (Å²) in [6.07, 6.45) is 1.18. The Balaban J connectivity index is 2.39. The van der Waals surface area contributed by atoms with Crippen molar-refractivity contribution in [2.75, 3.05) is 6.54 Å². The second-order valence-electron chi connectivity index (χ2n) is 3.19. The third-order valence-corrected chi connectivity index (χ3v) is 1.93. The van der Waals surface area contributed by atoms with E-state index in [4.69, 9.17) is 0 Å². The van der Waals surface area contributed by atoms with Gasteiger partial charge in [0.05, 0.1) is 0 Å². The van der Waals surface area contributed by atoms with Crippen LogP contribution in [-0.4, -0.2) is 12.6 Å². The normalized spacial score (nSPS) is 27.9. The van der Waals surface area contributed by atoms with Gasteiger partial charge in [0, 0.05) is 12.6 Å². The van der Waals surface area contributed by atoms with Crippen molar-refractivity contribution in [3.63, 3.8) is 0 Å². The second kappa shape index (κ2) is 2.53. The fraction of sp³-hybridized carbons (Fsp3) is 0.750. The highest BCUT2D eigenvalue weighted by molar-refractivity contribution is 5.07. The van der Waals surface area contributed by atoms with Crippen LogP contribution < -0.4 is 5.32 Å². The Labute approximate surface area is 57.1 Å². The van der Waals surface area contributed by atoms with E-state index in [9.17, 15) is 0 Å². The molecular formula is C8H15N. The van der Waals surface area contributed by atoms with Gasteiger partial charge in [-0.25, -0.2) is 0 Å². The molecule has 1 nitrogen and oxygen atoms in total. The Bertz CT molecular complexity index is 116.